The summed E-state index contributed by atoms with van der Waals surface area (Å²) in [6, 6.07) is 10.8. The smallest absolute Gasteiger partial charge is 0.266 e. The SMILES string of the molecule is N#C/C(=C\c1ccc(O)c(O)c1)C(=O)Nc1ccc(F)cc1. The zero-order chi connectivity index (χ0) is 16.1. The number of hydrogen-bond donors (Lipinski definition) is 3. The van der Waals surface area contributed by atoms with Gasteiger partial charge in [-0.2, -0.15) is 5.26 Å². The average Bonchev–Trinajstić information content (AvgIpc) is 2.50. The first kappa shape index (κ1) is 15.1. The summed E-state index contributed by atoms with van der Waals surface area (Å²) in [5.74, 6) is -1.76. The highest BCUT2D eigenvalue weighted by Gasteiger charge is 2.10. The molecule has 0 radical (unpaired) electrons. The molecule has 0 aromatic heterocycles. The lowest BCUT2D eigenvalue weighted by Crippen LogP contribution is -2.13. The molecule has 0 aliphatic carbocycles. The van der Waals surface area contributed by atoms with Crippen LogP contribution in [0.3, 0.4) is 0 Å². The third-order valence-electron chi connectivity index (χ3n) is 2.78. The maximum atomic E-state index is 12.8. The van der Waals surface area contributed by atoms with Crippen LogP contribution in [0.4, 0.5) is 10.1 Å². The minimum absolute atomic E-state index is 0.200. The molecule has 0 heterocycles. The second-order valence-corrected chi connectivity index (χ2v) is 4.38. The average molecular weight is 298 g/mol. The Morgan fingerprint density at radius 3 is 2.41 bits per heavy atom. The number of phenols is 2. The molecule has 2 aromatic rings. The van der Waals surface area contributed by atoms with Crippen LogP contribution in [0.5, 0.6) is 11.5 Å². The standard InChI is InChI=1S/C16H11FN2O3/c17-12-2-4-13(5-3-12)19-16(22)11(9-18)7-10-1-6-14(20)15(21)8-10/h1-8,20-21H,(H,19,22)/b11-7+. The van der Waals surface area contributed by atoms with Crippen molar-refractivity contribution in [1.29, 1.82) is 5.26 Å². The van der Waals surface area contributed by atoms with Crippen molar-refractivity contribution >= 4 is 17.7 Å². The number of benzene rings is 2. The molecular formula is C16H11FN2O3. The molecule has 0 atom stereocenters. The molecule has 0 aliphatic heterocycles. The Kier molecular flexibility index (Phi) is 4.39. The first-order valence-electron chi connectivity index (χ1n) is 6.20. The fourth-order valence-corrected chi connectivity index (χ4v) is 1.68. The van der Waals surface area contributed by atoms with Crippen molar-refractivity contribution in [2.45, 2.75) is 0 Å². The van der Waals surface area contributed by atoms with Gasteiger partial charge in [0.1, 0.15) is 17.5 Å². The van der Waals surface area contributed by atoms with Crippen molar-refractivity contribution in [2.75, 3.05) is 5.32 Å². The van der Waals surface area contributed by atoms with Crippen LogP contribution < -0.4 is 5.32 Å². The van der Waals surface area contributed by atoms with Gasteiger partial charge in [-0.1, -0.05) is 6.07 Å². The van der Waals surface area contributed by atoms with E-state index in [4.69, 9.17) is 5.26 Å². The summed E-state index contributed by atoms with van der Waals surface area (Å²) in [6.07, 6.45) is 1.26. The molecule has 0 aliphatic rings. The molecule has 1 amide bonds. The highest BCUT2D eigenvalue weighted by atomic mass is 19.1. The van der Waals surface area contributed by atoms with Gasteiger partial charge in [0.25, 0.3) is 5.91 Å². The van der Waals surface area contributed by atoms with E-state index in [2.05, 4.69) is 5.32 Å². The molecule has 110 valence electrons. The maximum Gasteiger partial charge on any atom is 0.266 e. The van der Waals surface area contributed by atoms with Gasteiger partial charge in [-0.25, -0.2) is 4.39 Å². The van der Waals surface area contributed by atoms with E-state index in [9.17, 15) is 19.4 Å². The van der Waals surface area contributed by atoms with Crippen LogP contribution in [0.2, 0.25) is 0 Å². The van der Waals surface area contributed by atoms with Crippen LogP contribution in [0, 0.1) is 17.1 Å². The van der Waals surface area contributed by atoms with Gasteiger partial charge in [-0.15, -0.1) is 0 Å². The largest absolute Gasteiger partial charge is 0.504 e. The molecule has 0 bridgehead atoms. The van der Waals surface area contributed by atoms with Gasteiger partial charge in [0.05, 0.1) is 0 Å². The minimum Gasteiger partial charge on any atom is -0.504 e. The minimum atomic E-state index is -0.665. The maximum absolute atomic E-state index is 12.8. The highest BCUT2D eigenvalue weighted by molar-refractivity contribution is 6.09. The zero-order valence-electron chi connectivity index (χ0n) is 11.2. The number of nitrogens with zero attached hydrogens (tertiary/aromatic N) is 1. The van der Waals surface area contributed by atoms with Gasteiger partial charge < -0.3 is 15.5 Å². The Balaban J connectivity index is 2.21. The van der Waals surface area contributed by atoms with Crippen LogP contribution in [-0.4, -0.2) is 16.1 Å². The second-order valence-electron chi connectivity index (χ2n) is 4.38. The number of carbonyl (C=O) groups excluding carboxylic acids is 1. The van der Waals surface area contributed by atoms with Gasteiger partial charge in [-0.05, 0) is 48.0 Å². The molecule has 6 heteroatoms. The lowest BCUT2D eigenvalue weighted by molar-refractivity contribution is -0.112. The quantitative estimate of drug-likeness (QED) is 0.461. The number of carbonyl (C=O) groups is 1. The topological polar surface area (TPSA) is 93.3 Å². The van der Waals surface area contributed by atoms with Gasteiger partial charge in [0, 0.05) is 5.69 Å². The Morgan fingerprint density at radius 2 is 1.82 bits per heavy atom. The number of aromatic hydroxyl groups is 2. The number of nitrogens with one attached hydrogen (secondary N) is 1. The lowest BCUT2D eigenvalue weighted by atomic mass is 10.1. The van der Waals surface area contributed by atoms with E-state index in [1.165, 1.54) is 48.5 Å². The van der Waals surface area contributed by atoms with Crippen LogP contribution in [0.15, 0.2) is 48.0 Å². The van der Waals surface area contributed by atoms with Crippen LogP contribution >= 0.6 is 0 Å². The molecule has 5 nitrogen and oxygen atoms in total. The Labute approximate surface area is 125 Å². The molecule has 0 spiro atoms. The lowest BCUT2D eigenvalue weighted by Gasteiger charge is -2.04. The number of anilines is 1. The number of halogens is 1. The number of phenolic OH excluding ortho intramolecular Hbond substituents is 2. The second kappa shape index (κ2) is 6.41. The zero-order valence-corrected chi connectivity index (χ0v) is 11.2. The van der Waals surface area contributed by atoms with Crippen molar-refractivity contribution in [3.63, 3.8) is 0 Å². The molecule has 0 saturated heterocycles. The summed E-state index contributed by atoms with van der Waals surface area (Å²) >= 11 is 0. The molecular weight excluding hydrogens is 287 g/mol. The summed E-state index contributed by atoms with van der Waals surface area (Å²) in [7, 11) is 0. The van der Waals surface area contributed by atoms with Crippen molar-refractivity contribution in [2.24, 2.45) is 0 Å². The normalized spacial score (nSPS) is 10.8. The molecule has 0 fully saturated rings. The van der Waals surface area contributed by atoms with E-state index in [-0.39, 0.29) is 17.1 Å². The van der Waals surface area contributed by atoms with Gasteiger partial charge in [-0.3, -0.25) is 4.79 Å². The first-order chi connectivity index (χ1) is 10.5. The third-order valence-corrected chi connectivity index (χ3v) is 2.78. The Hall–Kier alpha value is -3.33. The molecule has 3 N–H and O–H groups in total. The molecule has 2 aromatic carbocycles. The van der Waals surface area contributed by atoms with E-state index >= 15 is 0 Å². The predicted molar refractivity (Wildman–Crippen MR) is 78.4 cm³/mol. The van der Waals surface area contributed by atoms with Crippen molar-refractivity contribution in [3.8, 4) is 17.6 Å². The summed E-state index contributed by atoms with van der Waals surface area (Å²) in [4.78, 5) is 12.0. The fraction of sp³-hybridized carbons (Fsp3) is 0. The van der Waals surface area contributed by atoms with Crippen molar-refractivity contribution in [3.05, 3.63) is 59.4 Å². The van der Waals surface area contributed by atoms with Crippen LogP contribution in [0.1, 0.15) is 5.56 Å². The number of hydrogen-bond acceptors (Lipinski definition) is 4. The highest BCUT2D eigenvalue weighted by Crippen LogP contribution is 2.26. The van der Waals surface area contributed by atoms with Gasteiger partial charge >= 0.3 is 0 Å². The van der Waals surface area contributed by atoms with E-state index < -0.39 is 11.7 Å². The van der Waals surface area contributed by atoms with Gasteiger partial charge in [0.2, 0.25) is 0 Å². The molecule has 0 saturated carbocycles. The number of amides is 1. The van der Waals surface area contributed by atoms with Crippen molar-refractivity contribution < 1.29 is 19.4 Å². The molecule has 22 heavy (non-hydrogen) atoms. The number of nitriles is 1. The summed E-state index contributed by atoms with van der Waals surface area (Å²) in [6.45, 7) is 0. The number of rotatable bonds is 3. The Morgan fingerprint density at radius 1 is 1.14 bits per heavy atom. The molecule has 2 rings (SSSR count). The van der Waals surface area contributed by atoms with Crippen LogP contribution in [-0.2, 0) is 4.79 Å². The summed E-state index contributed by atoms with van der Waals surface area (Å²) in [5.41, 5.74) is 0.525. The summed E-state index contributed by atoms with van der Waals surface area (Å²) in [5, 5.41) is 30.1. The third kappa shape index (κ3) is 3.61. The van der Waals surface area contributed by atoms with Crippen molar-refractivity contribution in [1.82, 2.24) is 0 Å². The molecule has 0 unspecified atom stereocenters. The van der Waals surface area contributed by atoms with E-state index in [1.807, 2.05) is 0 Å². The monoisotopic (exact) mass is 298 g/mol. The predicted octanol–water partition coefficient (Wildman–Crippen LogP) is 2.78. The van der Waals surface area contributed by atoms with Gasteiger partial charge in [0.15, 0.2) is 11.5 Å². The fourth-order valence-electron chi connectivity index (χ4n) is 1.68. The summed E-state index contributed by atoms with van der Waals surface area (Å²) < 4.78 is 12.8. The van der Waals surface area contributed by atoms with E-state index in [0.29, 0.717) is 11.3 Å². The van der Waals surface area contributed by atoms with Crippen LogP contribution in [0.25, 0.3) is 6.08 Å². The van der Waals surface area contributed by atoms with E-state index in [0.717, 1.165) is 0 Å². The Bertz CT molecular complexity index is 777. The first-order valence-corrected chi connectivity index (χ1v) is 6.20. The van der Waals surface area contributed by atoms with E-state index in [1.54, 1.807) is 6.07 Å².